The van der Waals surface area contributed by atoms with Crippen LogP contribution in [0.15, 0.2) is 40.9 Å². The Labute approximate surface area is 126 Å². The van der Waals surface area contributed by atoms with E-state index in [2.05, 4.69) is 15.9 Å². The third-order valence-electron chi connectivity index (χ3n) is 3.23. The van der Waals surface area contributed by atoms with Crippen molar-refractivity contribution in [2.24, 2.45) is 0 Å². The fraction of sp³-hybridized carbons (Fsp3) is 0.250. The molecule has 0 fully saturated rings. The van der Waals surface area contributed by atoms with E-state index in [1.165, 1.54) is 6.07 Å². The van der Waals surface area contributed by atoms with Crippen molar-refractivity contribution in [1.29, 1.82) is 0 Å². The second kappa shape index (κ2) is 6.37. The van der Waals surface area contributed by atoms with Crippen molar-refractivity contribution < 1.29 is 14.2 Å². The average molecular weight is 339 g/mol. The van der Waals surface area contributed by atoms with E-state index >= 15 is 0 Å². The van der Waals surface area contributed by atoms with Gasteiger partial charge in [-0.2, -0.15) is 0 Å². The van der Waals surface area contributed by atoms with Crippen LogP contribution in [0, 0.1) is 12.7 Å². The van der Waals surface area contributed by atoms with Gasteiger partial charge in [0.05, 0.1) is 17.7 Å². The quantitative estimate of drug-likeness (QED) is 0.905. The van der Waals surface area contributed by atoms with Gasteiger partial charge in [-0.05, 0) is 57.7 Å². The number of aliphatic hydroxyl groups excluding tert-OH is 1. The second-order valence-electron chi connectivity index (χ2n) is 4.70. The molecular formula is C16H16BrFO2. The Hall–Kier alpha value is -1.39. The molecule has 1 atom stereocenters. The number of halogens is 2. The summed E-state index contributed by atoms with van der Waals surface area (Å²) in [5.41, 5.74) is 2.11. The van der Waals surface area contributed by atoms with E-state index in [1.54, 1.807) is 26.2 Å². The van der Waals surface area contributed by atoms with Crippen LogP contribution in [0.5, 0.6) is 5.75 Å². The summed E-state index contributed by atoms with van der Waals surface area (Å²) in [6.45, 7) is 1.70. The Kier molecular flexibility index (Phi) is 4.78. The molecule has 2 rings (SSSR count). The Bertz CT molecular complexity index is 613. The van der Waals surface area contributed by atoms with Gasteiger partial charge in [-0.15, -0.1) is 0 Å². The van der Waals surface area contributed by atoms with E-state index in [-0.39, 0.29) is 5.82 Å². The molecule has 2 nitrogen and oxygen atoms in total. The molecule has 0 aliphatic heterocycles. The third-order valence-corrected chi connectivity index (χ3v) is 3.85. The standard InChI is InChI=1S/C16H16BrFO2/c1-10-3-5-12(9-14(10)18)15(19)8-11-4-6-16(20-2)13(17)7-11/h3-7,9,15,19H,8H2,1-2H3. The van der Waals surface area contributed by atoms with Crippen molar-refractivity contribution in [2.75, 3.05) is 7.11 Å². The Morgan fingerprint density at radius 3 is 2.60 bits per heavy atom. The van der Waals surface area contributed by atoms with E-state index in [0.29, 0.717) is 17.5 Å². The van der Waals surface area contributed by atoms with Crippen molar-refractivity contribution in [2.45, 2.75) is 19.4 Å². The van der Waals surface area contributed by atoms with Crippen LogP contribution >= 0.6 is 15.9 Å². The number of hydrogen-bond acceptors (Lipinski definition) is 2. The SMILES string of the molecule is COc1ccc(CC(O)c2ccc(C)c(F)c2)cc1Br. The highest BCUT2D eigenvalue weighted by Crippen LogP contribution is 2.28. The lowest BCUT2D eigenvalue weighted by Gasteiger charge is -2.13. The van der Waals surface area contributed by atoms with Gasteiger partial charge >= 0.3 is 0 Å². The van der Waals surface area contributed by atoms with Crippen molar-refractivity contribution in [1.82, 2.24) is 0 Å². The summed E-state index contributed by atoms with van der Waals surface area (Å²) in [5, 5.41) is 10.2. The largest absolute Gasteiger partial charge is 0.496 e. The van der Waals surface area contributed by atoms with Crippen molar-refractivity contribution in [3.05, 3.63) is 63.4 Å². The zero-order valence-corrected chi connectivity index (χ0v) is 12.9. The van der Waals surface area contributed by atoms with Crippen LogP contribution < -0.4 is 4.74 Å². The zero-order valence-electron chi connectivity index (χ0n) is 11.4. The van der Waals surface area contributed by atoms with Gasteiger partial charge in [-0.25, -0.2) is 4.39 Å². The smallest absolute Gasteiger partial charge is 0.133 e. The molecule has 0 saturated heterocycles. The van der Waals surface area contributed by atoms with Crippen LogP contribution in [0.4, 0.5) is 4.39 Å². The van der Waals surface area contributed by atoms with Crippen LogP contribution in [0.3, 0.4) is 0 Å². The minimum absolute atomic E-state index is 0.294. The van der Waals surface area contributed by atoms with Crippen molar-refractivity contribution in [3.8, 4) is 5.75 Å². The Balaban J connectivity index is 2.16. The van der Waals surface area contributed by atoms with Gasteiger partial charge in [-0.1, -0.05) is 18.2 Å². The third kappa shape index (κ3) is 3.38. The maximum Gasteiger partial charge on any atom is 0.133 e. The average Bonchev–Trinajstić information content (AvgIpc) is 2.42. The number of ether oxygens (including phenoxy) is 1. The van der Waals surface area contributed by atoms with Crippen LogP contribution in [-0.4, -0.2) is 12.2 Å². The molecule has 2 aromatic rings. The summed E-state index contributed by atoms with van der Waals surface area (Å²) < 4.78 is 19.5. The summed E-state index contributed by atoms with van der Waals surface area (Å²) in [4.78, 5) is 0. The maximum absolute atomic E-state index is 13.5. The molecule has 0 heterocycles. The van der Waals surface area contributed by atoms with E-state index in [0.717, 1.165) is 15.8 Å². The number of methoxy groups -OCH3 is 1. The number of benzene rings is 2. The first-order chi connectivity index (χ1) is 9.51. The van der Waals surface area contributed by atoms with E-state index in [1.807, 2.05) is 18.2 Å². The summed E-state index contributed by atoms with van der Waals surface area (Å²) in [5.74, 6) is 0.446. The summed E-state index contributed by atoms with van der Waals surface area (Å²) in [6, 6.07) is 10.4. The van der Waals surface area contributed by atoms with Gasteiger partial charge in [0, 0.05) is 6.42 Å². The molecule has 0 aliphatic rings. The highest BCUT2D eigenvalue weighted by Gasteiger charge is 2.11. The second-order valence-corrected chi connectivity index (χ2v) is 5.55. The first-order valence-corrected chi connectivity index (χ1v) is 7.07. The summed E-state index contributed by atoms with van der Waals surface area (Å²) in [6.07, 6.45) is -0.309. The highest BCUT2D eigenvalue weighted by atomic mass is 79.9. The molecule has 4 heteroatoms. The van der Waals surface area contributed by atoms with Crippen LogP contribution in [0.2, 0.25) is 0 Å². The first-order valence-electron chi connectivity index (χ1n) is 6.28. The van der Waals surface area contributed by atoms with Gasteiger partial charge in [0.15, 0.2) is 0 Å². The number of rotatable bonds is 4. The van der Waals surface area contributed by atoms with E-state index < -0.39 is 6.10 Å². The van der Waals surface area contributed by atoms with Crippen molar-refractivity contribution in [3.63, 3.8) is 0 Å². The predicted octanol–water partition coefficient (Wildman–Crippen LogP) is 4.18. The molecule has 1 unspecified atom stereocenters. The van der Waals surface area contributed by atoms with Gasteiger partial charge in [-0.3, -0.25) is 0 Å². The molecule has 0 radical (unpaired) electrons. The fourth-order valence-corrected chi connectivity index (χ4v) is 2.58. The lowest BCUT2D eigenvalue weighted by Crippen LogP contribution is -2.03. The molecule has 0 aromatic heterocycles. The van der Waals surface area contributed by atoms with Gasteiger partial charge < -0.3 is 9.84 Å². The minimum atomic E-state index is -0.731. The maximum atomic E-state index is 13.5. The van der Waals surface area contributed by atoms with Gasteiger partial charge in [0.2, 0.25) is 0 Å². The zero-order chi connectivity index (χ0) is 14.7. The summed E-state index contributed by atoms with van der Waals surface area (Å²) >= 11 is 3.41. The van der Waals surface area contributed by atoms with Crippen LogP contribution in [0.25, 0.3) is 0 Å². The molecule has 1 N–H and O–H groups in total. The van der Waals surface area contributed by atoms with E-state index in [9.17, 15) is 9.50 Å². The molecule has 20 heavy (non-hydrogen) atoms. The lowest BCUT2D eigenvalue weighted by atomic mass is 10.0. The molecule has 106 valence electrons. The minimum Gasteiger partial charge on any atom is -0.496 e. The molecule has 0 saturated carbocycles. The van der Waals surface area contributed by atoms with Gasteiger partial charge in [0.1, 0.15) is 11.6 Å². The Morgan fingerprint density at radius 2 is 2.00 bits per heavy atom. The lowest BCUT2D eigenvalue weighted by molar-refractivity contribution is 0.178. The van der Waals surface area contributed by atoms with E-state index in [4.69, 9.17) is 4.74 Å². The normalized spacial score (nSPS) is 12.2. The van der Waals surface area contributed by atoms with Gasteiger partial charge in [0.25, 0.3) is 0 Å². The molecule has 0 spiro atoms. The molecule has 2 aromatic carbocycles. The molecule has 0 aliphatic carbocycles. The van der Waals surface area contributed by atoms with Crippen LogP contribution in [0.1, 0.15) is 22.8 Å². The topological polar surface area (TPSA) is 29.5 Å². The Morgan fingerprint density at radius 1 is 1.25 bits per heavy atom. The van der Waals surface area contributed by atoms with Crippen LogP contribution in [-0.2, 0) is 6.42 Å². The number of aliphatic hydroxyl groups is 1. The summed E-state index contributed by atoms with van der Waals surface area (Å²) in [7, 11) is 1.60. The fourth-order valence-electron chi connectivity index (χ4n) is 1.99. The number of hydrogen-bond donors (Lipinski definition) is 1. The molecule has 0 amide bonds. The molecular weight excluding hydrogens is 323 g/mol. The van der Waals surface area contributed by atoms with Crippen molar-refractivity contribution >= 4 is 15.9 Å². The molecule has 0 bridgehead atoms. The first kappa shape index (κ1) is 15.0. The monoisotopic (exact) mass is 338 g/mol. The number of aryl methyl sites for hydroxylation is 1. The predicted molar refractivity (Wildman–Crippen MR) is 80.5 cm³/mol. The highest BCUT2D eigenvalue weighted by molar-refractivity contribution is 9.10.